The molecule has 0 saturated carbocycles. The second-order valence-electron chi connectivity index (χ2n) is 7.19. The van der Waals surface area contributed by atoms with E-state index in [1.165, 1.54) is 16.4 Å². The first-order valence-electron chi connectivity index (χ1n) is 9.25. The number of amides is 1. The summed E-state index contributed by atoms with van der Waals surface area (Å²) in [5.41, 5.74) is 3.30. The molecule has 1 aliphatic rings. The fourth-order valence-corrected chi connectivity index (χ4v) is 5.89. The first kappa shape index (κ1) is 19.8. The highest BCUT2D eigenvalue weighted by Gasteiger charge is 2.31. The Balaban J connectivity index is 1.50. The summed E-state index contributed by atoms with van der Waals surface area (Å²) in [5.74, 6) is -0.0712. The number of sulfonamides is 1. The number of benzene rings is 2. The van der Waals surface area contributed by atoms with Crippen LogP contribution >= 0.6 is 11.3 Å². The van der Waals surface area contributed by atoms with Crippen LogP contribution in [0.15, 0.2) is 46.1 Å². The van der Waals surface area contributed by atoms with Crippen LogP contribution in [-0.4, -0.2) is 54.7 Å². The molecule has 1 aromatic heterocycles. The number of aromatic nitrogens is 1. The summed E-state index contributed by atoms with van der Waals surface area (Å²) >= 11 is 0.986. The SMILES string of the molecule is Cc1ccc(C(=O)N2CCN(S(=O)(=O)c3ccc4[nH]c(=O)sc4c3)CC2)c(C)c1. The zero-order valence-corrected chi connectivity index (χ0v) is 17.8. The number of nitrogens with zero attached hydrogens (tertiary/aromatic N) is 2. The van der Waals surface area contributed by atoms with Crippen molar-refractivity contribution in [3.05, 3.63) is 62.8 Å². The van der Waals surface area contributed by atoms with E-state index in [-0.39, 0.29) is 28.8 Å². The molecule has 1 saturated heterocycles. The van der Waals surface area contributed by atoms with E-state index in [9.17, 15) is 18.0 Å². The van der Waals surface area contributed by atoms with Gasteiger partial charge < -0.3 is 9.88 Å². The summed E-state index contributed by atoms with van der Waals surface area (Å²) in [5, 5.41) is 0. The molecule has 0 atom stereocenters. The van der Waals surface area contributed by atoms with E-state index in [4.69, 9.17) is 0 Å². The lowest BCUT2D eigenvalue weighted by molar-refractivity contribution is 0.0697. The van der Waals surface area contributed by atoms with Gasteiger partial charge in [0.1, 0.15) is 0 Å². The van der Waals surface area contributed by atoms with Gasteiger partial charge in [-0.25, -0.2) is 8.42 Å². The van der Waals surface area contributed by atoms with Gasteiger partial charge in [-0.2, -0.15) is 4.31 Å². The van der Waals surface area contributed by atoms with Crippen LogP contribution in [0.3, 0.4) is 0 Å². The normalized spacial score (nSPS) is 15.7. The predicted molar refractivity (Wildman–Crippen MR) is 113 cm³/mol. The topological polar surface area (TPSA) is 90.6 Å². The Morgan fingerprint density at radius 2 is 1.76 bits per heavy atom. The number of hydrogen-bond donors (Lipinski definition) is 1. The van der Waals surface area contributed by atoms with E-state index in [0.29, 0.717) is 28.9 Å². The van der Waals surface area contributed by atoms with E-state index in [0.717, 1.165) is 22.5 Å². The Morgan fingerprint density at radius 1 is 1.03 bits per heavy atom. The highest BCUT2D eigenvalue weighted by molar-refractivity contribution is 7.89. The second-order valence-corrected chi connectivity index (χ2v) is 10.1. The molecule has 1 N–H and O–H groups in total. The zero-order valence-electron chi connectivity index (χ0n) is 16.1. The van der Waals surface area contributed by atoms with Gasteiger partial charge in [0.05, 0.1) is 15.1 Å². The predicted octanol–water partition coefficient (Wildman–Crippen LogP) is 2.35. The molecule has 4 rings (SSSR count). The molecule has 1 amide bonds. The first-order chi connectivity index (χ1) is 13.8. The van der Waals surface area contributed by atoms with Crippen molar-refractivity contribution in [2.24, 2.45) is 0 Å². The van der Waals surface area contributed by atoms with Gasteiger partial charge in [0.15, 0.2) is 0 Å². The summed E-state index contributed by atoms with van der Waals surface area (Å²) < 4.78 is 28.0. The maximum atomic E-state index is 13.0. The molecule has 2 aromatic carbocycles. The molecule has 2 heterocycles. The number of rotatable bonds is 3. The second kappa shape index (κ2) is 7.40. The average Bonchev–Trinajstić information content (AvgIpc) is 3.07. The van der Waals surface area contributed by atoms with Gasteiger partial charge >= 0.3 is 4.87 Å². The molecular weight excluding hydrogens is 410 g/mol. The molecule has 0 aliphatic carbocycles. The number of nitrogens with one attached hydrogen (secondary N) is 1. The van der Waals surface area contributed by atoms with Crippen LogP contribution in [0, 0.1) is 13.8 Å². The third-order valence-corrected chi connectivity index (χ3v) is 7.91. The minimum Gasteiger partial charge on any atom is -0.336 e. The number of aromatic amines is 1. The third kappa shape index (κ3) is 3.73. The van der Waals surface area contributed by atoms with Gasteiger partial charge in [-0.15, -0.1) is 0 Å². The number of piperazine rings is 1. The summed E-state index contributed by atoms with van der Waals surface area (Å²) in [6, 6.07) is 10.4. The van der Waals surface area contributed by atoms with Crippen molar-refractivity contribution in [2.75, 3.05) is 26.2 Å². The van der Waals surface area contributed by atoms with E-state index in [2.05, 4.69) is 4.98 Å². The molecule has 9 heteroatoms. The number of hydrogen-bond acceptors (Lipinski definition) is 5. The maximum absolute atomic E-state index is 13.0. The smallest absolute Gasteiger partial charge is 0.305 e. The Morgan fingerprint density at radius 3 is 2.45 bits per heavy atom. The van der Waals surface area contributed by atoms with Crippen LogP contribution in [0.25, 0.3) is 10.2 Å². The van der Waals surface area contributed by atoms with Crippen molar-refractivity contribution in [1.29, 1.82) is 0 Å². The summed E-state index contributed by atoms with van der Waals surface area (Å²) in [7, 11) is -3.69. The first-order valence-corrected chi connectivity index (χ1v) is 11.5. The van der Waals surface area contributed by atoms with Crippen molar-refractivity contribution in [3.8, 4) is 0 Å². The number of carbonyl (C=O) groups excluding carboxylic acids is 1. The summed E-state index contributed by atoms with van der Waals surface area (Å²) in [4.78, 5) is 28.6. The lowest BCUT2D eigenvalue weighted by Crippen LogP contribution is -2.50. The Kier molecular flexibility index (Phi) is 5.05. The van der Waals surface area contributed by atoms with Crippen LogP contribution in [0.2, 0.25) is 0 Å². The van der Waals surface area contributed by atoms with Gasteiger partial charge in [-0.1, -0.05) is 29.0 Å². The Hall–Kier alpha value is -2.49. The van der Waals surface area contributed by atoms with Crippen molar-refractivity contribution < 1.29 is 13.2 Å². The van der Waals surface area contributed by atoms with Crippen LogP contribution in [-0.2, 0) is 10.0 Å². The fraction of sp³-hybridized carbons (Fsp3) is 0.300. The Bertz CT molecular complexity index is 1250. The lowest BCUT2D eigenvalue weighted by atomic mass is 10.0. The molecular formula is C20H21N3O4S2. The summed E-state index contributed by atoms with van der Waals surface area (Å²) in [6.07, 6.45) is 0. The molecule has 0 radical (unpaired) electrons. The van der Waals surface area contributed by atoms with Crippen molar-refractivity contribution >= 4 is 37.5 Å². The van der Waals surface area contributed by atoms with E-state index in [1.54, 1.807) is 11.0 Å². The monoisotopic (exact) mass is 431 g/mol. The molecule has 3 aromatic rings. The van der Waals surface area contributed by atoms with Gasteiger partial charge in [-0.3, -0.25) is 9.59 Å². The maximum Gasteiger partial charge on any atom is 0.305 e. The van der Waals surface area contributed by atoms with Gasteiger partial charge in [0.2, 0.25) is 10.0 Å². The number of thiazole rings is 1. The van der Waals surface area contributed by atoms with Crippen LogP contribution in [0.1, 0.15) is 21.5 Å². The quantitative estimate of drug-likeness (QED) is 0.689. The molecule has 0 unspecified atom stereocenters. The molecule has 0 bridgehead atoms. The molecule has 152 valence electrons. The highest BCUT2D eigenvalue weighted by Crippen LogP contribution is 2.24. The van der Waals surface area contributed by atoms with Crippen molar-refractivity contribution in [1.82, 2.24) is 14.2 Å². The molecule has 1 fully saturated rings. The molecule has 7 nitrogen and oxygen atoms in total. The average molecular weight is 432 g/mol. The van der Waals surface area contributed by atoms with Crippen LogP contribution < -0.4 is 4.87 Å². The molecule has 0 spiro atoms. The third-order valence-electron chi connectivity index (χ3n) is 5.17. The van der Waals surface area contributed by atoms with Gasteiger partial charge in [0.25, 0.3) is 5.91 Å². The largest absolute Gasteiger partial charge is 0.336 e. The van der Waals surface area contributed by atoms with Gasteiger partial charge in [0, 0.05) is 31.7 Å². The molecule has 1 aliphatic heterocycles. The van der Waals surface area contributed by atoms with E-state index in [1.807, 2.05) is 32.0 Å². The minimum atomic E-state index is -3.69. The zero-order chi connectivity index (χ0) is 20.8. The van der Waals surface area contributed by atoms with Gasteiger partial charge in [-0.05, 0) is 43.7 Å². The fourth-order valence-electron chi connectivity index (χ4n) is 3.59. The van der Waals surface area contributed by atoms with E-state index >= 15 is 0 Å². The number of fused-ring (bicyclic) bond motifs is 1. The van der Waals surface area contributed by atoms with Crippen molar-refractivity contribution in [3.63, 3.8) is 0 Å². The van der Waals surface area contributed by atoms with Crippen molar-refractivity contribution in [2.45, 2.75) is 18.7 Å². The van der Waals surface area contributed by atoms with Crippen LogP contribution in [0.5, 0.6) is 0 Å². The highest BCUT2D eigenvalue weighted by atomic mass is 32.2. The summed E-state index contributed by atoms with van der Waals surface area (Å²) in [6.45, 7) is 5.04. The lowest BCUT2D eigenvalue weighted by Gasteiger charge is -2.34. The molecule has 29 heavy (non-hydrogen) atoms. The Labute approximate surface area is 172 Å². The minimum absolute atomic E-state index is 0.0712. The number of H-pyrrole nitrogens is 1. The van der Waals surface area contributed by atoms with E-state index < -0.39 is 10.0 Å². The van der Waals surface area contributed by atoms with Crippen LogP contribution in [0.4, 0.5) is 0 Å². The standard InChI is InChI=1S/C20H21N3O4S2/c1-13-3-5-16(14(2)11-13)19(24)22-7-9-23(10-8-22)29(26,27)15-4-6-17-18(12-15)28-20(25)21-17/h3-6,11-12H,7-10H2,1-2H3,(H,21,25). The number of carbonyl (C=O) groups is 1. The number of aryl methyl sites for hydroxylation is 2.